The first-order chi connectivity index (χ1) is 7.66. The second-order valence-corrected chi connectivity index (χ2v) is 3.75. The van der Waals surface area contributed by atoms with Crippen LogP contribution in [0.3, 0.4) is 0 Å². The summed E-state index contributed by atoms with van der Waals surface area (Å²) in [7, 11) is 0. The van der Waals surface area contributed by atoms with Gasteiger partial charge in [0.15, 0.2) is 5.78 Å². The number of Topliss-reactive ketones (excluding diaryl/α,β-unsaturated/α-hetero) is 1. The largest absolute Gasteiger partial charge is 0.428 e. The highest BCUT2D eigenvalue weighted by Crippen LogP contribution is 2.25. The fraction of sp³-hybridized carbons (Fsp3) is 0.250. The molecule has 2 aromatic rings. The van der Waals surface area contributed by atoms with Crippen molar-refractivity contribution in [2.75, 3.05) is 6.54 Å². The van der Waals surface area contributed by atoms with E-state index in [2.05, 4.69) is 0 Å². The van der Waals surface area contributed by atoms with Gasteiger partial charge in [-0.15, -0.1) is 0 Å². The SMILES string of the molecule is CC(=O)c1c(CCN)c2ccccc2n1O. The zero-order chi connectivity index (χ0) is 11.7. The molecule has 1 aromatic carbocycles. The van der Waals surface area contributed by atoms with Crippen molar-refractivity contribution < 1.29 is 10.0 Å². The van der Waals surface area contributed by atoms with Crippen LogP contribution in [-0.4, -0.2) is 22.3 Å². The molecule has 0 amide bonds. The van der Waals surface area contributed by atoms with Crippen LogP contribution in [0.25, 0.3) is 10.9 Å². The summed E-state index contributed by atoms with van der Waals surface area (Å²) in [4.78, 5) is 11.5. The van der Waals surface area contributed by atoms with Gasteiger partial charge in [0.1, 0.15) is 5.69 Å². The molecule has 0 saturated heterocycles. The lowest BCUT2D eigenvalue weighted by Gasteiger charge is -2.01. The van der Waals surface area contributed by atoms with Crippen molar-refractivity contribution in [3.05, 3.63) is 35.5 Å². The number of nitrogens with two attached hydrogens (primary N) is 1. The molecule has 0 bridgehead atoms. The van der Waals surface area contributed by atoms with E-state index in [9.17, 15) is 10.0 Å². The molecule has 1 heterocycles. The van der Waals surface area contributed by atoms with Gasteiger partial charge in [0.25, 0.3) is 0 Å². The Bertz CT molecular complexity index is 543. The summed E-state index contributed by atoms with van der Waals surface area (Å²) in [6.45, 7) is 1.90. The number of para-hydroxylation sites is 1. The van der Waals surface area contributed by atoms with Crippen molar-refractivity contribution in [3.63, 3.8) is 0 Å². The van der Waals surface area contributed by atoms with Gasteiger partial charge in [-0.05, 0) is 24.6 Å². The van der Waals surface area contributed by atoms with Gasteiger partial charge in [0.2, 0.25) is 0 Å². The molecule has 2 rings (SSSR count). The lowest BCUT2D eigenvalue weighted by Crippen LogP contribution is -2.09. The predicted molar refractivity (Wildman–Crippen MR) is 61.9 cm³/mol. The smallest absolute Gasteiger partial charge is 0.179 e. The molecule has 4 heteroatoms. The van der Waals surface area contributed by atoms with Crippen LogP contribution in [0.2, 0.25) is 0 Å². The van der Waals surface area contributed by atoms with E-state index in [0.29, 0.717) is 24.2 Å². The van der Waals surface area contributed by atoms with Crippen molar-refractivity contribution in [1.82, 2.24) is 4.73 Å². The quantitative estimate of drug-likeness (QED) is 0.607. The maximum absolute atomic E-state index is 11.5. The Kier molecular flexibility index (Phi) is 2.66. The second-order valence-electron chi connectivity index (χ2n) is 3.75. The van der Waals surface area contributed by atoms with E-state index in [0.717, 1.165) is 15.7 Å². The Morgan fingerprint density at radius 3 is 2.75 bits per heavy atom. The lowest BCUT2D eigenvalue weighted by atomic mass is 10.1. The monoisotopic (exact) mass is 218 g/mol. The molecule has 0 atom stereocenters. The Labute approximate surface area is 93.2 Å². The molecule has 0 saturated carbocycles. The minimum Gasteiger partial charge on any atom is -0.428 e. The third kappa shape index (κ3) is 1.47. The number of hydrogen-bond acceptors (Lipinski definition) is 3. The van der Waals surface area contributed by atoms with Crippen molar-refractivity contribution in [2.45, 2.75) is 13.3 Å². The van der Waals surface area contributed by atoms with Gasteiger partial charge in [-0.2, -0.15) is 4.73 Å². The van der Waals surface area contributed by atoms with Gasteiger partial charge in [0, 0.05) is 12.3 Å². The number of benzene rings is 1. The average molecular weight is 218 g/mol. The molecule has 0 aliphatic rings. The van der Waals surface area contributed by atoms with Crippen molar-refractivity contribution in [2.24, 2.45) is 5.73 Å². The van der Waals surface area contributed by atoms with Crippen molar-refractivity contribution in [1.29, 1.82) is 0 Å². The van der Waals surface area contributed by atoms with Crippen LogP contribution in [0.15, 0.2) is 24.3 Å². The lowest BCUT2D eigenvalue weighted by molar-refractivity contribution is 0.0968. The number of nitrogens with zero attached hydrogens (tertiary/aromatic N) is 1. The molecule has 16 heavy (non-hydrogen) atoms. The van der Waals surface area contributed by atoms with Crippen LogP contribution in [0.1, 0.15) is 23.0 Å². The van der Waals surface area contributed by atoms with E-state index in [-0.39, 0.29) is 5.78 Å². The van der Waals surface area contributed by atoms with E-state index < -0.39 is 0 Å². The second kappa shape index (κ2) is 3.98. The molecule has 0 spiro atoms. The molecule has 0 aliphatic heterocycles. The summed E-state index contributed by atoms with van der Waals surface area (Å²) in [5.41, 5.74) is 7.34. The van der Waals surface area contributed by atoms with Gasteiger partial charge in [-0.3, -0.25) is 4.79 Å². The number of rotatable bonds is 3. The Hall–Kier alpha value is -1.81. The number of hydrogen-bond donors (Lipinski definition) is 2. The van der Waals surface area contributed by atoms with E-state index in [1.54, 1.807) is 6.07 Å². The molecule has 1 aromatic heterocycles. The van der Waals surface area contributed by atoms with Crippen LogP contribution in [0.5, 0.6) is 0 Å². The molecule has 3 N–H and O–H groups in total. The predicted octanol–water partition coefficient (Wildman–Crippen LogP) is 1.58. The molecule has 0 fully saturated rings. The molecule has 84 valence electrons. The van der Waals surface area contributed by atoms with Gasteiger partial charge in [-0.1, -0.05) is 18.2 Å². The van der Waals surface area contributed by atoms with Crippen molar-refractivity contribution >= 4 is 16.7 Å². The topological polar surface area (TPSA) is 68.2 Å². The van der Waals surface area contributed by atoms with Gasteiger partial charge in [-0.25, -0.2) is 0 Å². The summed E-state index contributed by atoms with van der Waals surface area (Å²) in [6.07, 6.45) is 0.586. The van der Waals surface area contributed by atoms with E-state index >= 15 is 0 Å². The average Bonchev–Trinajstić information content (AvgIpc) is 2.54. The summed E-state index contributed by atoms with van der Waals surface area (Å²) >= 11 is 0. The molecule has 0 radical (unpaired) electrons. The molecule has 4 nitrogen and oxygen atoms in total. The fourth-order valence-corrected chi connectivity index (χ4v) is 2.05. The first-order valence-electron chi connectivity index (χ1n) is 5.19. The molecule has 0 aliphatic carbocycles. The third-order valence-electron chi connectivity index (χ3n) is 2.68. The first-order valence-corrected chi connectivity index (χ1v) is 5.19. The molecular formula is C12H14N2O2. The maximum atomic E-state index is 11.5. The standard InChI is InChI=1S/C12H14N2O2/c1-8(15)12-10(6-7-13)9-4-2-3-5-11(9)14(12)16/h2-5,16H,6-7,13H2,1H3. The molecular weight excluding hydrogens is 204 g/mol. The van der Waals surface area contributed by atoms with Gasteiger partial charge in [0.05, 0.1) is 5.52 Å². The number of fused-ring (bicyclic) bond motifs is 1. The number of aromatic nitrogens is 1. The van der Waals surface area contributed by atoms with E-state index in [4.69, 9.17) is 5.73 Å². The summed E-state index contributed by atoms with van der Waals surface area (Å²) < 4.78 is 0.961. The van der Waals surface area contributed by atoms with Crippen LogP contribution < -0.4 is 5.73 Å². The summed E-state index contributed by atoms with van der Waals surface area (Å²) in [5.74, 6) is -0.151. The van der Waals surface area contributed by atoms with E-state index in [1.165, 1.54) is 6.92 Å². The Balaban J connectivity index is 2.80. The van der Waals surface area contributed by atoms with Gasteiger partial charge >= 0.3 is 0 Å². The number of ketones is 1. The first kappa shape index (κ1) is 10.7. The van der Waals surface area contributed by atoms with E-state index in [1.807, 2.05) is 18.2 Å². The van der Waals surface area contributed by atoms with Crippen LogP contribution >= 0.6 is 0 Å². The minimum atomic E-state index is -0.151. The zero-order valence-corrected chi connectivity index (χ0v) is 9.10. The highest BCUT2D eigenvalue weighted by molar-refractivity contribution is 6.01. The van der Waals surface area contributed by atoms with Gasteiger partial charge < -0.3 is 10.9 Å². The Morgan fingerprint density at radius 2 is 2.12 bits per heavy atom. The summed E-state index contributed by atoms with van der Waals surface area (Å²) in [6, 6.07) is 7.37. The number of carbonyl (C=O) groups excluding carboxylic acids is 1. The van der Waals surface area contributed by atoms with Crippen LogP contribution in [-0.2, 0) is 6.42 Å². The normalized spacial score (nSPS) is 10.9. The summed E-state index contributed by atoms with van der Waals surface area (Å²) in [5, 5.41) is 10.8. The fourth-order valence-electron chi connectivity index (χ4n) is 2.05. The van der Waals surface area contributed by atoms with Crippen LogP contribution in [0, 0.1) is 0 Å². The third-order valence-corrected chi connectivity index (χ3v) is 2.68. The van der Waals surface area contributed by atoms with Crippen molar-refractivity contribution in [3.8, 4) is 0 Å². The number of carbonyl (C=O) groups is 1. The highest BCUT2D eigenvalue weighted by atomic mass is 16.5. The zero-order valence-electron chi connectivity index (χ0n) is 9.10. The Morgan fingerprint density at radius 1 is 1.44 bits per heavy atom. The minimum absolute atomic E-state index is 0.151. The van der Waals surface area contributed by atoms with Crippen LogP contribution in [0.4, 0.5) is 0 Å². The molecule has 0 unspecified atom stereocenters. The maximum Gasteiger partial charge on any atom is 0.179 e. The highest BCUT2D eigenvalue weighted by Gasteiger charge is 2.18.